The normalized spacial score (nSPS) is 16.2. The van der Waals surface area contributed by atoms with Crippen molar-refractivity contribution in [1.82, 2.24) is 9.71 Å². The molecule has 1 amide bonds. The maximum atomic E-state index is 12.5. The molecule has 6 nitrogen and oxygen atoms in total. The zero-order valence-electron chi connectivity index (χ0n) is 12.7. The van der Waals surface area contributed by atoms with Gasteiger partial charge in [0.25, 0.3) is 15.9 Å². The fourth-order valence-corrected chi connectivity index (χ4v) is 3.48. The molecule has 1 aliphatic rings. The van der Waals surface area contributed by atoms with Crippen LogP contribution in [0.15, 0.2) is 41.4 Å². The van der Waals surface area contributed by atoms with E-state index < -0.39 is 22.0 Å². The Balaban J connectivity index is 1.78. The Morgan fingerprint density at radius 3 is 2.87 bits per heavy atom. The maximum Gasteiger partial charge on any atom is 0.264 e. The number of ether oxygens (including phenoxy) is 1. The molecular formula is C16H18N2O4S. The highest BCUT2D eigenvalue weighted by Crippen LogP contribution is 2.29. The number of sulfonamides is 1. The summed E-state index contributed by atoms with van der Waals surface area (Å²) in [7, 11) is -3.97. The van der Waals surface area contributed by atoms with Crippen LogP contribution in [0.3, 0.4) is 0 Å². The average Bonchev–Trinajstić information content (AvgIpc) is 3.35. The number of carbonyl (C=O) groups is 1. The molecule has 7 heteroatoms. The Morgan fingerprint density at radius 2 is 2.13 bits per heavy atom. The number of aromatic nitrogens is 1. The van der Waals surface area contributed by atoms with Crippen molar-refractivity contribution in [2.45, 2.75) is 30.8 Å². The van der Waals surface area contributed by atoms with Crippen LogP contribution in [0.4, 0.5) is 0 Å². The second-order valence-electron chi connectivity index (χ2n) is 5.71. The van der Waals surface area contributed by atoms with Crippen molar-refractivity contribution >= 4 is 26.8 Å². The van der Waals surface area contributed by atoms with Crippen LogP contribution in [0, 0.1) is 5.92 Å². The van der Waals surface area contributed by atoms with Crippen LogP contribution in [0.2, 0.25) is 0 Å². The molecule has 1 aromatic carbocycles. The molecule has 1 unspecified atom stereocenters. The third-order valence-electron chi connectivity index (χ3n) is 3.78. The van der Waals surface area contributed by atoms with Crippen LogP contribution in [-0.4, -0.2) is 32.0 Å². The third-order valence-corrected chi connectivity index (χ3v) is 5.18. The minimum Gasteiger partial charge on any atom is -0.368 e. The summed E-state index contributed by atoms with van der Waals surface area (Å²) in [6, 6.07) is 8.09. The molecule has 1 aliphatic carbocycles. The van der Waals surface area contributed by atoms with Gasteiger partial charge in [0.2, 0.25) is 0 Å². The smallest absolute Gasteiger partial charge is 0.264 e. The van der Waals surface area contributed by atoms with Crippen molar-refractivity contribution in [2.24, 2.45) is 5.92 Å². The number of hydrogen-bond acceptors (Lipinski definition) is 5. The molecule has 0 bridgehead atoms. The molecule has 1 N–H and O–H groups in total. The van der Waals surface area contributed by atoms with Crippen LogP contribution < -0.4 is 4.72 Å². The molecule has 0 radical (unpaired) electrons. The molecule has 1 saturated carbocycles. The van der Waals surface area contributed by atoms with E-state index >= 15 is 0 Å². The van der Waals surface area contributed by atoms with Gasteiger partial charge in [-0.3, -0.25) is 9.78 Å². The van der Waals surface area contributed by atoms with Crippen molar-refractivity contribution in [3.63, 3.8) is 0 Å². The molecular weight excluding hydrogens is 316 g/mol. The van der Waals surface area contributed by atoms with Crippen LogP contribution in [0.5, 0.6) is 0 Å². The van der Waals surface area contributed by atoms with Gasteiger partial charge in [0, 0.05) is 11.6 Å². The van der Waals surface area contributed by atoms with E-state index in [0.717, 1.165) is 12.8 Å². The Kier molecular flexibility index (Phi) is 4.32. The van der Waals surface area contributed by atoms with Gasteiger partial charge in [-0.25, -0.2) is 13.1 Å². The van der Waals surface area contributed by atoms with Gasteiger partial charge in [0.1, 0.15) is 6.10 Å². The van der Waals surface area contributed by atoms with Crippen molar-refractivity contribution < 1.29 is 17.9 Å². The topological polar surface area (TPSA) is 85.4 Å². The monoisotopic (exact) mass is 334 g/mol. The predicted octanol–water partition coefficient (Wildman–Crippen LogP) is 1.85. The molecule has 1 heterocycles. The zero-order valence-corrected chi connectivity index (χ0v) is 13.5. The molecule has 122 valence electrons. The standard InChI is InChI=1S/C16H18N2O4S/c1-11(22-10-12-7-8-12)16(19)18-23(20,21)15-6-2-5-14-13(15)4-3-9-17-14/h2-6,9,11-12H,7-8,10H2,1H3,(H,18,19). The van der Waals surface area contributed by atoms with Crippen LogP contribution in [-0.2, 0) is 19.6 Å². The molecule has 1 fully saturated rings. The first-order valence-electron chi connectivity index (χ1n) is 7.49. The SMILES string of the molecule is CC(OCC1CC1)C(=O)NS(=O)(=O)c1cccc2ncccc12. The highest BCUT2D eigenvalue weighted by Gasteiger charge is 2.27. The first-order valence-corrected chi connectivity index (χ1v) is 8.98. The molecule has 3 rings (SSSR count). The minimum atomic E-state index is -3.97. The molecule has 1 atom stereocenters. The summed E-state index contributed by atoms with van der Waals surface area (Å²) in [6.45, 7) is 2.05. The second-order valence-corrected chi connectivity index (χ2v) is 7.37. The number of fused-ring (bicyclic) bond motifs is 1. The number of rotatable bonds is 6. The second kappa shape index (κ2) is 6.25. The van der Waals surface area contributed by atoms with E-state index in [1.54, 1.807) is 37.4 Å². The summed E-state index contributed by atoms with van der Waals surface area (Å²) in [5, 5.41) is 0.474. The van der Waals surface area contributed by atoms with Gasteiger partial charge >= 0.3 is 0 Å². The van der Waals surface area contributed by atoms with Gasteiger partial charge in [0.05, 0.1) is 17.0 Å². The lowest BCUT2D eigenvalue weighted by Crippen LogP contribution is -2.38. The summed E-state index contributed by atoms with van der Waals surface area (Å²) in [5.74, 6) is -0.155. The first kappa shape index (κ1) is 15.9. The number of amides is 1. The molecule has 1 aromatic heterocycles. The third kappa shape index (κ3) is 3.68. The Morgan fingerprint density at radius 1 is 1.35 bits per heavy atom. The molecule has 2 aromatic rings. The summed E-state index contributed by atoms with van der Waals surface area (Å²) in [6.07, 6.45) is 3.00. The van der Waals surface area contributed by atoms with Crippen molar-refractivity contribution in [2.75, 3.05) is 6.61 Å². The minimum absolute atomic E-state index is 0.0332. The first-order chi connectivity index (χ1) is 11.0. The van der Waals surface area contributed by atoms with E-state index in [2.05, 4.69) is 9.71 Å². The number of pyridine rings is 1. The Labute approximate surface area is 134 Å². The van der Waals surface area contributed by atoms with E-state index in [9.17, 15) is 13.2 Å². The number of benzene rings is 1. The number of nitrogens with zero attached hydrogens (tertiary/aromatic N) is 1. The van der Waals surface area contributed by atoms with Crippen LogP contribution in [0.1, 0.15) is 19.8 Å². The largest absolute Gasteiger partial charge is 0.368 e. The van der Waals surface area contributed by atoms with Gasteiger partial charge in [-0.1, -0.05) is 6.07 Å². The predicted molar refractivity (Wildman–Crippen MR) is 85.2 cm³/mol. The van der Waals surface area contributed by atoms with Gasteiger partial charge in [-0.15, -0.1) is 0 Å². The van der Waals surface area contributed by atoms with Crippen molar-refractivity contribution in [1.29, 1.82) is 0 Å². The number of hydrogen-bond donors (Lipinski definition) is 1. The lowest BCUT2D eigenvalue weighted by molar-refractivity contribution is -0.130. The van der Waals surface area contributed by atoms with Crippen molar-refractivity contribution in [3.05, 3.63) is 36.5 Å². The zero-order chi connectivity index (χ0) is 16.4. The fraction of sp³-hybridized carbons (Fsp3) is 0.375. The summed E-state index contributed by atoms with van der Waals surface area (Å²) >= 11 is 0. The summed E-state index contributed by atoms with van der Waals surface area (Å²) < 4.78 is 32.5. The summed E-state index contributed by atoms with van der Waals surface area (Å²) in [4.78, 5) is 16.2. The highest BCUT2D eigenvalue weighted by molar-refractivity contribution is 7.90. The van der Waals surface area contributed by atoms with Gasteiger partial charge in [-0.05, 0) is 49.9 Å². The maximum absolute atomic E-state index is 12.5. The van der Waals surface area contributed by atoms with Gasteiger partial charge < -0.3 is 4.74 Å². The average molecular weight is 334 g/mol. The van der Waals surface area contributed by atoms with E-state index in [1.165, 1.54) is 6.07 Å². The molecule has 23 heavy (non-hydrogen) atoms. The van der Waals surface area contributed by atoms with Crippen LogP contribution in [0.25, 0.3) is 10.9 Å². The van der Waals surface area contributed by atoms with Crippen molar-refractivity contribution in [3.8, 4) is 0 Å². The van der Waals surface area contributed by atoms with E-state index in [-0.39, 0.29) is 4.90 Å². The summed E-state index contributed by atoms with van der Waals surface area (Å²) in [5.41, 5.74) is 0.556. The highest BCUT2D eigenvalue weighted by atomic mass is 32.2. The molecule has 0 aliphatic heterocycles. The number of carbonyl (C=O) groups excluding carboxylic acids is 1. The molecule has 0 saturated heterocycles. The van der Waals surface area contributed by atoms with Gasteiger partial charge in [-0.2, -0.15) is 0 Å². The lowest BCUT2D eigenvalue weighted by atomic mass is 10.2. The lowest BCUT2D eigenvalue weighted by Gasteiger charge is -2.14. The molecule has 0 spiro atoms. The quantitative estimate of drug-likeness (QED) is 0.871. The van der Waals surface area contributed by atoms with E-state index in [4.69, 9.17) is 4.74 Å². The Hall–Kier alpha value is -1.99. The fourth-order valence-electron chi connectivity index (χ4n) is 2.22. The van der Waals surface area contributed by atoms with Gasteiger partial charge in [0.15, 0.2) is 0 Å². The number of nitrogens with one attached hydrogen (secondary N) is 1. The van der Waals surface area contributed by atoms with E-state index in [1.807, 2.05) is 0 Å². The van der Waals surface area contributed by atoms with E-state index in [0.29, 0.717) is 23.4 Å². The Bertz CT molecular complexity index is 826. The van der Waals surface area contributed by atoms with Crippen LogP contribution >= 0.6 is 0 Å².